The first-order chi connectivity index (χ1) is 17.3. The minimum Gasteiger partial charge on any atom is -0.406 e. The smallest absolute Gasteiger partial charge is 0.406 e. The van der Waals surface area contributed by atoms with Gasteiger partial charge in [0.05, 0.1) is 23.9 Å². The van der Waals surface area contributed by atoms with Gasteiger partial charge >= 0.3 is 18.6 Å². The van der Waals surface area contributed by atoms with Crippen LogP contribution in [0.4, 0.5) is 45.6 Å². The Morgan fingerprint density at radius 3 is 2.19 bits per heavy atom. The van der Waals surface area contributed by atoms with Crippen molar-refractivity contribution >= 4 is 17.4 Å². The average Bonchev–Trinajstić information content (AvgIpc) is 3.25. The number of halogens is 8. The maximum absolute atomic E-state index is 14.2. The molecule has 6 nitrogen and oxygen atoms in total. The summed E-state index contributed by atoms with van der Waals surface area (Å²) in [7, 11) is 0. The molecule has 2 amide bonds. The molecule has 1 N–H and O–H groups in total. The second kappa shape index (κ2) is 9.67. The van der Waals surface area contributed by atoms with Crippen LogP contribution < -0.4 is 10.1 Å². The van der Waals surface area contributed by atoms with Crippen molar-refractivity contribution in [2.45, 2.75) is 18.5 Å². The summed E-state index contributed by atoms with van der Waals surface area (Å²) in [5.41, 5.74) is -1.23. The molecule has 37 heavy (non-hydrogen) atoms. The van der Waals surface area contributed by atoms with E-state index < -0.39 is 47.4 Å². The highest BCUT2D eigenvalue weighted by Gasteiger charge is 2.38. The molecule has 1 aromatic heterocycles. The molecule has 4 rings (SSSR count). The number of carbonyl (C=O) groups is 1. The second-order valence-corrected chi connectivity index (χ2v) is 7.72. The Bertz CT molecular complexity index is 1320. The molecule has 0 radical (unpaired) electrons. The first-order valence-corrected chi connectivity index (χ1v) is 10.3. The molecule has 1 aliphatic rings. The normalized spacial score (nSPS) is 15.9. The quantitative estimate of drug-likeness (QED) is 0.402. The number of carbonyl (C=O) groups excluding carboxylic acids is 1. The monoisotopic (exact) mass is 530 g/mol. The van der Waals surface area contributed by atoms with Crippen molar-refractivity contribution in [2.75, 3.05) is 11.9 Å². The number of aromatic nitrogens is 1. The number of nitrogens with one attached hydrogen (secondary N) is 1. The summed E-state index contributed by atoms with van der Waals surface area (Å²) < 4.78 is 107. The molecule has 0 fully saturated rings. The van der Waals surface area contributed by atoms with Gasteiger partial charge in [0.1, 0.15) is 22.9 Å². The topological polar surface area (TPSA) is 66.8 Å². The van der Waals surface area contributed by atoms with E-state index in [-0.39, 0.29) is 23.6 Å². The number of hydrogen-bond donors (Lipinski definition) is 1. The van der Waals surface area contributed by atoms with Crippen molar-refractivity contribution in [1.29, 1.82) is 0 Å². The van der Waals surface area contributed by atoms with Crippen LogP contribution >= 0.6 is 0 Å². The summed E-state index contributed by atoms with van der Waals surface area (Å²) in [4.78, 5) is 16.5. The van der Waals surface area contributed by atoms with E-state index in [1.807, 2.05) is 0 Å². The lowest BCUT2D eigenvalue weighted by molar-refractivity contribution is -0.274. The third-order valence-electron chi connectivity index (χ3n) is 5.16. The van der Waals surface area contributed by atoms with Gasteiger partial charge in [0.2, 0.25) is 0 Å². The average molecular weight is 530 g/mol. The van der Waals surface area contributed by atoms with Gasteiger partial charge in [0.15, 0.2) is 0 Å². The van der Waals surface area contributed by atoms with Crippen LogP contribution in [0.3, 0.4) is 0 Å². The summed E-state index contributed by atoms with van der Waals surface area (Å²) in [6.45, 7) is -0.272. The van der Waals surface area contributed by atoms with Crippen LogP contribution in [-0.2, 0) is 6.18 Å². The Labute approximate surface area is 203 Å². The molecular weight excluding hydrogens is 516 g/mol. The van der Waals surface area contributed by atoms with E-state index in [9.17, 15) is 39.9 Å². The van der Waals surface area contributed by atoms with Crippen LogP contribution in [0.15, 0.2) is 65.9 Å². The molecule has 14 heteroatoms. The number of hydrogen-bond acceptors (Lipinski definition) is 4. The van der Waals surface area contributed by atoms with Gasteiger partial charge < -0.3 is 10.1 Å². The van der Waals surface area contributed by atoms with E-state index >= 15 is 0 Å². The molecule has 0 bridgehead atoms. The summed E-state index contributed by atoms with van der Waals surface area (Å²) in [6, 6.07) is 8.81. The minimum absolute atomic E-state index is 0.0835. The summed E-state index contributed by atoms with van der Waals surface area (Å²) in [5, 5.41) is 7.46. The van der Waals surface area contributed by atoms with Crippen molar-refractivity contribution in [3.63, 3.8) is 0 Å². The fraction of sp³-hybridized carbons (Fsp3) is 0.174. The zero-order valence-corrected chi connectivity index (χ0v) is 18.2. The van der Waals surface area contributed by atoms with E-state index in [4.69, 9.17) is 0 Å². The lowest BCUT2D eigenvalue weighted by Crippen LogP contribution is -2.30. The van der Waals surface area contributed by atoms with E-state index in [0.717, 1.165) is 41.4 Å². The summed E-state index contributed by atoms with van der Waals surface area (Å²) in [5.74, 6) is -3.64. The number of anilines is 1. The molecule has 2 heterocycles. The van der Waals surface area contributed by atoms with E-state index in [1.54, 1.807) is 0 Å². The SMILES string of the molecule is O=C(Nc1ccc(OC(F)(F)F)cc1)N1CC(c2cc(F)c(C(F)(F)F)cn2)C(c2ccc(F)cc2)=N1. The first kappa shape index (κ1) is 25.9. The van der Waals surface area contributed by atoms with Crippen molar-refractivity contribution in [1.82, 2.24) is 9.99 Å². The Morgan fingerprint density at radius 1 is 0.973 bits per heavy atom. The molecule has 0 saturated heterocycles. The number of nitrogens with zero attached hydrogens (tertiary/aromatic N) is 3. The number of amides is 2. The third kappa shape index (κ3) is 6.13. The Kier molecular flexibility index (Phi) is 6.76. The van der Waals surface area contributed by atoms with E-state index in [2.05, 4.69) is 20.1 Å². The maximum Gasteiger partial charge on any atom is 0.573 e. The highest BCUT2D eigenvalue weighted by Crippen LogP contribution is 2.34. The van der Waals surface area contributed by atoms with Gasteiger partial charge in [-0.25, -0.2) is 18.6 Å². The number of hydrazone groups is 1. The first-order valence-electron chi connectivity index (χ1n) is 10.3. The fourth-order valence-electron chi connectivity index (χ4n) is 3.51. The second-order valence-electron chi connectivity index (χ2n) is 7.72. The van der Waals surface area contributed by atoms with Crippen LogP contribution in [-0.4, -0.2) is 34.6 Å². The van der Waals surface area contributed by atoms with Gasteiger partial charge in [-0.2, -0.15) is 18.3 Å². The van der Waals surface area contributed by atoms with E-state index in [1.165, 1.54) is 12.1 Å². The summed E-state index contributed by atoms with van der Waals surface area (Å²) in [6.07, 6.45) is -9.53. The Morgan fingerprint density at radius 2 is 1.62 bits per heavy atom. The van der Waals surface area contributed by atoms with Crippen molar-refractivity contribution in [3.8, 4) is 5.75 Å². The number of pyridine rings is 1. The van der Waals surface area contributed by atoms with Crippen LogP contribution in [0, 0.1) is 11.6 Å². The lowest BCUT2D eigenvalue weighted by Gasteiger charge is -2.16. The molecule has 1 unspecified atom stereocenters. The largest absolute Gasteiger partial charge is 0.573 e. The maximum atomic E-state index is 14.2. The van der Waals surface area contributed by atoms with Gasteiger partial charge in [-0.05, 0) is 48.0 Å². The molecule has 2 aromatic carbocycles. The minimum atomic E-state index is -4.97. The van der Waals surface area contributed by atoms with Gasteiger partial charge in [-0.3, -0.25) is 4.98 Å². The Hall–Kier alpha value is -4.23. The zero-order chi connectivity index (χ0) is 27.0. The van der Waals surface area contributed by atoms with Crippen molar-refractivity contribution in [2.24, 2.45) is 5.10 Å². The third-order valence-corrected chi connectivity index (χ3v) is 5.16. The number of benzene rings is 2. The molecule has 0 saturated carbocycles. The standard InChI is InChI=1S/C23H14F8N4O2/c24-13-3-1-12(2-4-13)20-16(19-9-18(25)17(10-32-19)22(26,27)28)11-35(34-20)21(36)33-14-5-7-15(8-6-14)37-23(29,30)31/h1-10,16H,11H2,(H,33,36). The molecule has 0 aliphatic carbocycles. The highest BCUT2D eigenvalue weighted by molar-refractivity contribution is 6.07. The Balaban J connectivity index is 1.59. The van der Waals surface area contributed by atoms with Crippen LogP contribution in [0.2, 0.25) is 0 Å². The molecule has 1 atom stereocenters. The number of ether oxygens (including phenoxy) is 1. The van der Waals surface area contributed by atoms with Crippen molar-refractivity contribution < 1.29 is 44.7 Å². The fourth-order valence-corrected chi connectivity index (χ4v) is 3.51. The van der Waals surface area contributed by atoms with Crippen LogP contribution in [0.1, 0.15) is 22.7 Å². The van der Waals surface area contributed by atoms with Gasteiger partial charge in [0.25, 0.3) is 0 Å². The van der Waals surface area contributed by atoms with Gasteiger partial charge in [-0.1, -0.05) is 12.1 Å². The lowest BCUT2D eigenvalue weighted by atomic mass is 9.93. The molecule has 194 valence electrons. The zero-order valence-electron chi connectivity index (χ0n) is 18.2. The van der Waals surface area contributed by atoms with Crippen molar-refractivity contribution in [3.05, 3.63) is 89.2 Å². The van der Waals surface area contributed by atoms with E-state index in [0.29, 0.717) is 17.8 Å². The van der Waals surface area contributed by atoms with Gasteiger partial charge in [0, 0.05) is 11.9 Å². The predicted octanol–water partition coefficient (Wildman–Crippen LogP) is 6.31. The summed E-state index contributed by atoms with van der Waals surface area (Å²) >= 11 is 0. The molecule has 3 aromatic rings. The predicted molar refractivity (Wildman–Crippen MR) is 114 cm³/mol. The number of urea groups is 1. The van der Waals surface area contributed by atoms with Crippen LogP contribution in [0.25, 0.3) is 0 Å². The van der Waals surface area contributed by atoms with Gasteiger partial charge in [-0.15, -0.1) is 13.2 Å². The van der Waals surface area contributed by atoms with Crippen LogP contribution in [0.5, 0.6) is 5.75 Å². The molecule has 1 aliphatic heterocycles. The molecule has 0 spiro atoms. The number of alkyl halides is 6. The number of rotatable bonds is 4. The molecular formula is C23H14F8N4O2. The highest BCUT2D eigenvalue weighted by atomic mass is 19.4.